The first kappa shape index (κ1) is 13.4. The molecule has 0 aliphatic carbocycles. The van der Waals surface area contributed by atoms with Gasteiger partial charge in [-0.1, -0.05) is 26.2 Å². The molecule has 0 bridgehead atoms. The van der Waals surface area contributed by atoms with E-state index in [4.69, 9.17) is 16.2 Å². The second-order valence-corrected chi connectivity index (χ2v) is 4.12. The molecule has 0 saturated heterocycles. The monoisotopic (exact) mass is 236 g/mol. The number of ether oxygens (including phenoxy) is 1. The fourth-order valence-electron chi connectivity index (χ4n) is 1.58. The lowest BCUT2D eigenvalue weighted by Crippen LogP contribution is -2.08. The normalized spacial score (nSPS) is 10.2. The van der Waals surface area contributed by atoms with Crippen molar-refractivity contribution in [1.29, 1.82) is 0 Å². The third-order valence-corrected chi connectivity index (χ3v) is 2.42. The van der Waals surface area contributed by atoms with Crippen molar-refractivity contribution in [3.8, 4) is 5.75 Å². The average Bonchev–Trinajstić information content (AvgIpc) is 2.23. The van der Waals surface area contributed by atoms with Gasteiger partial charge in [-0.3, -0.25) is 4.79 Å². The van der Waals surface area contributed by atoms with E-state index in [1.165, 1.54) is 0 Å². The van der Waals surface area contributed by atoms with E-state index in [1.54, 1.807) is 18.2 Å². The number of nitrogen functional groups attached to an aromatic ring is 2. The first-order valence-electron chi connectivity index (χ1n) is 5.98. The Morgan fingerprint density at radius 3 is 2.35 bits per heavy atom. The lowest BCUT2D eigenvalue weighted by atomic mass is 10.1. The zero-order chi connectivity index (χ0) is 12.7. The average molecular weight is 236 g/mol. The highest BCUT2D eigenvalue weighted by molar-refractivity contribution is 5.73. The van der Waals surface area contributed by atoms with E-state index in [9.17, 15) is 4.79 Å². The van der Waals surface area contributed by atoms with E-state index in [2.05, 4.69) is 6.92 Å². The van der Waals surface area contributed by atoms with Gasteiger partial charge in [0.15, 0.2) is 0 Å². The van der Waals surface area contributed by atoms with Gasteiger partial charge in [-0.15, -0.1) is 0 Å². The van der Waals surface area contributed by atoms with Crippen molar-refractivity contribution in [2.75, 3.05) is 11.5 Å². The molecule has 0 heterocycles. The van der Waals surface area contributed by atoms with Crippen molar-refractivity contribution in [2.45, 2.75) is 39.0 Å². The van der Waals surface area contributed by atoms with Gasteiger partial charge in [-0.05, 0) is 12.5 Å². The number of rotatable bonds is 6. The topological polar surface area (TPSA) is 78.3 Å². The van der Waals surface area contributed by atoms with Crippen LogP contribution in [-0.4, -0.2) is 5.97 Å². The summed E-state index contributed by atoms with van der Waals surface area (Å²) in [6.07, 6.45) is 4.67. The number of hydrogen-bond donors (Lipinski definition) is 2. The standard InChI is InChI=1S/C13H20N2O2/c1-2-3-4-5-6-13(16)17-12-8-10(14)7-11(15)9-12/h7-9H,2-6,14-15H2,1H3. The predicted octanol–water partition coefficient (Wildman–Crippen LogP) is 2.73. The van der Waals surface area contributed by atoms with E-state index in [-0.39, 0.29) is 5.97 Å². The smallest absolute Gasteiger partial charge is 0.311 e. The Morgan fingerprint density at radius 2 is 1.76 bits per heavy atom. The zero-order valence-electron chi connectivity index (χ0n) is 10.2. The largest absolute Gasteiger partial charge is 0.426 e. The molecular formula is C13H20N2O2. The van der Waals surface area contributed by atoms with Gasteiger partial charge in [-0.2, -0.15) is 0 Å². The minimum atomic E-state index is -0.230. The molecule has 0 atom stereocenters. The first-order valence-corrected chi connectivity index (χ1v) is 5.98. The highest BCUT2D eigenvalue weighted by Crippen LogP contribution is 2.20. The molecule has 4 N–H and O–H groups in total. The summed E-state index contributed by atoms with van der Waals surface area (Å²) in [6, 6.07) is 4.82. The summed E-state index contributed by atoms with van der Waals surface area (Å²) in [5, 5.41) is 0. The summed E-state index contributed by atoms with van der Waals surface area (Å²) in [6.45, 7) is 2.13. The van der Waals surface area contributed by atoms with Gasteiger partial charge in [-0.25, -0.2) is 0 Å². The summed E-state index contributed by atoms with van der Waals surface area (Å²) in [7, 11) is 0. The van der Waals surface area contributed by atoms with Crippen LogP contribution in [0.3, 0.4) is 0 Å². The molecule has 1 aromatic carbocycles. The van der Waals surface area contributed by atoms with Crippen molar-refractivity contribution < 1.29 is 9.53 Å². The SMILES string of the molecule is CCCCCCC(=O)Oc1cc(N)cc(N)c1. The number of unbranched alkanes of at least 4 members (excludes halogenated alkanes) is 3. The van der Waals surface area contributed by atoms with Crippen molar-refractivity contribution in [3.05, 3.63) is 18.2 Å². The minimum Gasteiger partial charge on any atom is -0.426 e. The quantitative estimate of drug-likeness (QED) is 0.344. The van der Waals surface area contributed by atoms with Crippen molar-refractivity contribution >= 4 is 17.3 Å². The number of hydrogen-bond acceptors (Lipinski definition) is 4. The molecule has 4 heteroatoms. The molecule has 0 aromatic heterocycles. The number of anilines is 2. The van der Waals surface area contributed by atoms with Gasteiger partial charge < -0.3 is 16.2 Å². The van der Waals surface area contributed by atoms with Crippen LogP contribution in [0.1, 0.15) is 39.0 Å². The number of esters is 1. The van der Waals surface area contributed by atoms with Crippen molar-refractivity contribution in [3.63, 3.8) is 0 Å². The molecule has 4 nitrogen and oxygen atoms in total. The number of nitrogens with two attached hydrogens (primary N) is 2. The molecule has 0 saturated carbocycles. The Hall–Kier alpha value is -1.71. The highest BCUT2D eigenvalue weighted by atomic mass is 16.5. The molecule has 0 unspecified atom stereocenters. The van der Waals surface area contributed by atoms with E-state index in [1.807, 2.05) is 0 Å². The second-order valence-electron chi connectivity index (χ2n) is 4.12. The van der Waals surface area contributed by atoms with E-state index in [0.717, 1.165) is 25.7 Å². The second kappa shape index (κ2) is 6.78. The lowest BCUT2D eigenvalue weighted by Gasteiger charge is -2.06. The van der Waals surface area contributed by atoms with Crippen LogP contribution in [0.25, 0.3) is 0 Å². The summed E-state index contributed by atoms with van der Waals surface area (Å²) >= 11 is 0. The molecular weight excluding hydrogens is 216 g/mol. The van der Waals surface area contributed by atoms with Crippen molar-refractivity contribution in [1.82, 2.24) is 0 Å². The van der Waals surface area contributed by atoms with Gasteiger partial charge in [0.2, 0.25) is 0 Å². The molecule has 1 rings (SSSR count). The van der Waals surface area contributed by atoms with Crippen LogP contribution < -0.4 is 16.2 Å². The van der Waals surface area contributed by atoms with Crippen LogP contribution >= 0.6 is 0 Å². The number of carbonyl (C=O) groups is 1. The Kier molecular flexibility index (Phi) is 5.33. The summed E-state index contributed by atoms with van der Waals surface area (Å²) in [5.74, 6) is 0.189. The maximum Gasteiger partial charge on any atom is 0.311 e. The number of carbonyl (C=O) groups excluding carboxylic acids is 1. The summed E-state index contributed by atoms with van der Waals surface area (Å²) in [4.78, 5) is 11.5. The maximum atomic E-state index is 11.5. The molecule has 0 aliphatic heterocycles. The van der Waals surface area contributed by atoms with Gasteiger partial charge in [0, 0.05) is 29.9 Å². The van der Waals surface area contributed by atoms with E-state index in [0.29, 0.717) is 23.5 Å². The van der Waals surface area contributed by atoms with Gasteiger partial charge in [0.05, 0.1) is 0 Å². The van der Waals surface area contributed by atoms with Crippen LogP contribution in [0.5, 0.6) is 5.75 Å². The van der Waals surface area contributed by atoms with Crippen LogP contribution in [0.15, 0.2) is 18.2 Å². The van der Waals surface area contributed by atoms with Gasteiger partial charge in [0.1, 0.15) is 5.75 Å². The fraction of sp³-hybridized carbons (Fsp3) is 0.462. The van der Waals surface area contributed by atoms with Crippen LogP contribution in [0.4, 0.5) is 11.4 Å². The van der Waals surface area contributed by atoms with E-state index < -0.39 is 0 Å². The molecule has 0 spiro atoms. The maximum absolute atomic E-state index is 11.5. The third-order valence-electron chi connectivity index (χ3n) is 2.42. The molecule has 17 heavy (non-hydrogen) atoms. The third kappa shape index (κ3) is 5.24. The Balaban J connectivity index is 2.39. The Bertz CT molecular complexity index is 357. The summed E-state index contributed by atoms with van der Waals surface area (Å²) < 4.78 is 5.16. The van der Waals surface area contributed by atoms with Gasteiger partial charge >= 0.3 is 5.97 Å². The first-order chi connectivity index (χ1) is 8.11. The van der Waals surface area contributed by atoms with Crippen LogP contribution in [0, 0.1) is 0 Å². The highest BCUT2D eigenvalue weighted by Gasteiger charge is 2.05. The predicted molar refractivity (Wildman–Crippen MR) is 69.7 cm³/mol. The number of benzene rings is 1. The van der Waals surface area contributed by atoms with Crippen LogP contribution in [-0.2, 0) is 4.79 Å². The van der Waals surface area contributed by atoms with Crippen LogP contribution in [0.2, 0.25) is 0 Å². The zero-order valence-corrected chi connectivity index (χ0v) is 10.2. The molecule has 0 fully saturated rings. The minimum absolute atomic E-state index is 0.230. The fourth-order valence-corrected chi connectivity index (χ4v) is 1.58. The Morgan fingerprint density at radius 1 is 1.12 bits per heavy atom. The molecule has 94 valence electrons. The Labute approximate surface area is 102 Å². The molecule has 1 aromatic rings. The van der Waals surface area contributed by atoms with E-state index >= 15 is 0 Å². The van der Waals surface area contributed by atoms with Crippen molar-refractivity contribution in [2.24, 2.45) is 0 Å². The lowest BCUT2D eigenvalue weighted by molar-refractivity contribution is -0.134. The van der Waals surface area contributed by atoms with Gasteiger partial charge in [0.25, 0.3) is 0 Å². The molecule has 0 radical (unpaired) electrons. The molecule has 0 aliphatic rings. The summed E-state index contributed by atoms with van der Waals surface area (Å²) in [5.41, 5.74) is 12.2. The molecule has 0 amide bonds.